The van der Waals surface area contributed by atoms with Crippen LogP contribution in [0.5, 0.6) is 11.5 Å². The Morgan fingerprint density at radius 1 is 0.750 bits per heavy atom. The third kappa shape index (κ3) is 4.34. The summed E-state index contributed by atoms with van der Waals surface area (Å²) in [6.45, 7) is 3.06. The van der Waals surface area contributed by atoms with Gasteiger partial charge in [-0.05, 0) is 29.8 Å². The molecule has 1 saturated heterocycles. The first-order valence-corrected chi connectivity index (χ1v) is 9.68. The first-order valence-electron chi connectivity index (χ1n) is 9.68. The minimum atomic E-state index is 0.194. The van der Waals surface area contributed by atoms with Gasteiger partial charge in [0.05, 0.1) is 12.1 Å². The van der Waals surface area contributed by atoms with Crippen LogP contribution in [-0.4, -0.2) is 37.0 Å². The average Bonchev–Trinajstić information content (AvgIpc) is 2.76. The molecular formula is C24H24N2O2. The largest absolute Gasteiger partial charge is 0.455 e. The molecule has 0 N–H and O–H groups in total. The summed E-state index contributed by atoms with van der Waals surface area (Å²) < 4.78 is 6.09. The highest BCUT2D eigenvalue weighted by atomic mass is 16.5. The fourth-order valence-electron chi connectivity index (χ4n) is 3.50. The van der Waals surface area contributed by atoms with Gasteiger partial charge in [0.1, 0.15) is 5.75 Å². The molecule has 1 heterocycles. The van der Waals surface area contributed by atoms with E-state index in [0.29, 0.717) is 6.42 Å². The quantitative estimate of drug-likeness (QED) is 0.667. The SMILES string of the molecule is O=C(Cc1ccccc1)N1CCN(c2ccccc2Oc2ccccc2)CC1. The summed E-state index contributed by atoms with van der Waals surface area (Å²) in [5.74, 6) is 1.86. The first kappa shape index (κ1) is 18.1. The third-order valence-electron chi connectivity index (χ3n) is 5.01. The Balaban J connectivity index is 1.39. The van der Waals surface area contributed by atoms with Crippen LogP contribution >= 0.6 is 0 Å². The number of amides is 1. The van der Waals surface area contributed by atoms with Crippen molar-refractivity contribution in [1.29, 1.82) is 0 Å². The summed E-state index contributed by atoms with van der Waals surface area (Å²) in [5.41, 5.74) is 2.14. The number of rotatable bonds is 5. The Bertz CT molecular complexity index is 904. The van der Waals surface area contributed by atoms with Gasteiger partial charge in [0.2, 0.25) is 5.91 Å². The highest BCUT2D eigenvalue weighted by molar-refractivity contribution is 5.79. The van der Waals surface area contributed by atoms with Gasteiger partial charge >= 0.3 is 0 Å². The fourth-order valence-corrected chi connectivity index (χ4v) is 3.50. The topological polar surface area (TPSA) is 32.8 Å². The van der Waals surface area contributed by atoms with Gasteiger partial charge in [-0.3, -0.25) is 4.79 Å². The van der Waals surface area contributed by atoms with Crippen LogP contribution in [-0.2, 0) is 11.2 Å². The van der Waals surface area contributed by atoms with Crippen molar-refractivity contribution < 1.29 is 9.53 Å². The number of anilines is 1. The van der Waals surface area contributed by atoms with Crippen molar-refractivity contribution >= 4 is 11.6 Å². The molecule has 0 spiro atoms. The van der Waals surface area contributed by atoms with Gasteiger partial charge in [0.15, 0.2) is 5.75 Å². The normalized spacial score (nSPS) is 14.0. The zero-order valence-corrected chi connectivity index (χ0v) is 15.8. The summed E-state index contributed by atoms with van der Waals surface area (Å²) in [6.07, 6.45) is 0.467. The number of hydrogen-bond acceptors (Lipinski definition) is 3. The van der Waals surface area contributed by atoms with Crippen LogP contribution in [0.25, 0.3) is 0 Å². The molecule has 0 atom stereocenters. The van der Waals surface area contributed by atoms with Crippen molar-refractivity contribution in [3.63, 3.8) is 0 Å². The minimum Gasteiger partial charge on any atom is -0.455 e. The maximum Gasteiger partial charge on any atom is 0.227 e. The molecule has 1 fully saturated rings. The smallest absolute Gasteiger partial charge is 0.227 e. The summed E-state index contributed by atoms with van der Waals surface area (Å²) in [7, 11) is 0. The zero-order chi connectivity index (χ0) is 19.2. The molecule has 0 unspecified atom stereocenters. The molecule has 1 amide bonds. The van der Waals surface area contributed by atoms with E-state index in [0.717, 1.165) is 48.9 Å². The van der Waals surface area contributed by atoms with Crippen molar-refractivity contribution in [2.24, 2.45) is 0 Å². The summed E-state index contributed by atoms with van der Waals surface area (Å²) in [4.78, 5) is 16.9. The Morgan fingerprint density at radius 2 is 1.36 bits per heavy atom. The molecule has 0 aliphatic carbocycles. The molecule has 4 heteroatoms. The maximum atomic E-state index is 12.6. The Kier molecular flexibility index (Phi) is 5.57. The molecule has 0 bridgehead atoms. The van der Waals surface area contributed by atoms with E-state index >= 15 is 0 Å². The van der Waals surface area contributed by atoms with E-state index in [-0.39, 0.29) is 5.91 Å². The van der Waals surface area contributed by atoms with Gasteiger partial charge < -0.3 is 14.5 Å². The lowest BCUT2D eigenvalue weighted by atomic mass is 10.1. The van der Waals surface area contributed by atoms with Crippen molar-refractivity contribution in [3.05, 3.63) is 90.5 Å². The molecular weight excluding hydrogens is 348 g/mol. The number of ether oxygens (including phenoxy) is 1. The van der Waals surface area contributed by atoms with Gasteiger partial charge in [0, 0.05) is 26.2 Å². The second-order valence-corrected chi connectivity index (χ2v) is 6.91. The van der Waals surface area contributed by atoms with Gasteiger partial charge in [-0.2, -0.15) is 0 Å². The molecule has 28 heavy (non-hydrogen) atoms. The number of nitrogens with zero attached hydrogens (tertiary/aromatic N) is 2. The number of para-hydroxylation sites is 3. The van der Waals surface area contributed by atoms with E-state index in [4.69, 9.17) is 4.74 Å². The van der Waals surface area contributed by atoms with Crippen LogP contribution in [0, 0.1) is 0 Å². The van der Waals surface area contributed by atoms with Crippen LogP contribution in [0.4, 0.5) is 5.69 Å². The monoisotopic (exact) mass is 372 g/mol. The van der Waals surface area contributed by atoms with Crippen molar-refractivity contribution in [1.82, 2.24) is 4.90 Å². The van der Waals surface area contributed by atoms with Crippen LogP contribution in [0.1, 0.15) is 5.56 Å². The number of piperazine rings is 1. The molecule has 1 aliphatic heterocycles. The molecule has 0 radical (unpaired) electrons. The second kappa shape index (κ2) is 8.61. The minimum absolute atomic E-state index is 0.194. The number of carbonyl (C=O) groups excluding carboxylic acids is 1. The van der Waals surface area contributed by atoms with Gasteiger partial charge in [0.25, 0.3) is 0 Å². The molecule has 3 aromatic carbocycles. The standard InChI is InChI=1S/C24H24N2O2/c27-24(19-20-9-3-1-4-10-20)26-17-15-25(16-18-26)22-13-7-8-14-23(22)28-21-11-5-2-6-12-21/h1-14H,15-19H2. The highest BCUT2D eigenvalue weighted by Crippen LogP contribution is 2.32. The van der Waals surface area contributed by atoms with Crippen molar-refractivity contribution in [2.45, 2.75) is 6.42 Å². The van der Waals surface area contributed by atoms with E-state index in [9.17, 15) is 4.79 Å². The first-order chi connectivity index (χ1) is 13.8. The lowest BCUT2D eigenvalue weighted by Gasteiger charge is -2.36. The fraction of sp³-hybridized carbons (Fsp3) is 0.208. The van der Waals surface area contributed by atoms with Gasteiger partial charge in [-0.1, -0.05) is 60.7 Å². The lowest BCUT2D eigenvalue weighted by Crippen LogP contribution is -2.49. The van der Waals surface area contributed by atoms with Crippen LogP contribution < -0.4 is 9.64 Å². The van der Waals surface area contributed by atoms with E-state index in [2.05, 4.69) is 11.0 Å². The maximum absolute atomic E-state index is 12.6. The van der Waals surface area contributed by atoms with E-state index in [1.807, 2.05) is 83.8 Å². The van der Waals surface area contributed by atoms with E-state index in [1.165, 1.54) is 0 Å². The number of carbonyl (C=O) groups is 1. The Hall–Kier alpha value is -3.27. The second-order valence-electron chi connectivity index (χ2n) is 6.91. The predicted octanol–water partition coefficient (Wildman–Crippen LogP) is 4.37. The molecule has 4 nitrogen and oxygen atoms in total. The van der Waals surface area contributed by atoms with E-state index < -0.39 is 0 Å². The van der Waals surface area contributed by atoms with Crippen molar-refractivity contribution in [3.8, 4) is 11.5 Å². The van der Waals surface area contributed by atoms with Crippen molar-refractivity contribution in [2.75, 3.05) is 31.1 Å². The molecule has 0 aromatic heterocycles. The number of hydrogen-bond donors (Lipinski definition) is 0. The summed E-state index contributed by atoms with van der Waals surface area (Å²) in [5, 5.41) is 0. The van der Waals surface area contributed by atoms with Crippen LogP contribution in [0.2, 0.25) is 0 Å². The molecule has 142 valence electrons. The van der Waals surface area contributed by atoms with Gasteiger partial charge in [-0.25, -0.2) is 0 Å². The zero-order valence-electron chi connectivity index (χ0n) is 15.8. The Labute approximate surface area is 166 Å². The predicted molar refractivity (Wildman–Crippen MR) is 112 cm³/mol. The molecule has 4 rings (SSSR count). The molecule has 0 saturated carbocycles. The number of benzene rings is 3. The molecule has 1 aliphatic rings. The Morgan fingerprint density at radius 3 is 2.07 bits per heavy atom. The third-order valence-corrected chi connectivity index (χ3v) is 5.01. The highest BCUT2D eigenvalue weighted by Gasteiger charge is 2.23. The average molecular weight is 372 g/mol. The van der Waals surface area contributed by atoms with Gasteiger partial charge in [-0.15, -0.1) is 0 Å². The molecule has 3 aromatic rings. The van der Waals surface area contributed by atoms with E-state index in [1.54, 1.807) is 0 Å². The summed E-state index contributed by atoms with van der Waals surface area (Å²) >= 11 is 0. The van der Waals surface area contributed by atoms with Crippen LogP contribution in [0.3, 0.4) is 0 Å². The summed E-state index contributed by atoms with van der Waals surface area (Å²) in [6, 6.07) is 27.9. The lowest BCUT2D eigenvalue weighted by molar-refractivity contribution is -0.130. The van der Waals surface area contributed by atoms with Crippen LogP contribution in [0.15, 0.2) is 84.9 Å².